The molecule has 2 heteroatoms. The number of carbonyl (C=O) groups excluding carboxylic acids is 1. The number of halogens is 1. The van der Waals surface area contributed by atoms with Gasteiger partial charge < -0.3 is 0 Å². The van der Waals surface area contributed by atoms with Crippen LogP contribution in [-0.4, -0.2) is 5.78 Å². The van der Waals surface area contributed by atoms with Crippen molar-refractivity contribution in [3.8, 4) is 0 Å². The lowest BCUT2D eigenvalue weighted by molar-refractivity contribution is -0.117. The maximum Gasteiger partial charge on any atom is 0.133 e. The molecule has 0 amide bonds. The molecular weight excluding hydrogens is 228 g/mol. The summed E-state index contributed by atoms with van der Waals surface area (Å²) >= 11 is 3.44. The van der Waals surface area contributed by atoms with Crippen molar-refractivity contribution in [3.05, 3.63) is 34.3 Å². The SMILES string of the molecule is O=C1CC[C@@H](c2cccc(Br)c2)C1. The van der Waals surface area contributed by atoms with Crippen LogP contribution < -0.4 is 0 Å². The van der Waals surface area contributed by atoms with Crippen molar-refractivity contribution < 1.29 is 4.79 Å². The molecule has 0 aromatic heterocycles. The highest BCUT2D eigenvalue weighted by atomic mass is 79.9. The molecule has 13 heavy (non-hydrogen) atoms. The van der Waals surface area contributed by atoms with Crippen LogP contribution in [0.4, 0.5) is 0 Å². The topological polar surface area (TPSA) is 17.1 Å². The molecule has 0 N–H and O–H groups in total. The van der Waals surface area contributed by atoms with Crippen LogP contribution >= 0.6 is 15.9 Å². The Hall–Kier alpha value is -0.630. The molecule has 1 saturated carbocycles. The summed E-state index contributed by atoms with van der Waals surface area (Å²) in [7, 11) is 0. The molecule has 1 nitrogen and oxygen atoms in total. The number of carbonyl (C=O) groups is 1. The van der Waals surface area contributed by atoms with E-state index in [9.17, 15) is 4.79 Å². The largest absolute Gasteiger partial charge is 0.300 e. The van der Waals surface area contributed by atoms with Crippen LogP contribution in [-0.2, 0) is 4.79 Å². The summed E-state index contributed by atoms with van der Waals surface area (Å²) < 4.78 is 1.10. The molecule has 0 radical (unpaired) electrons. The normalized spacial score (nSPS) is 22.2. The molecule has 0 saturated heterocycles. The average molecular weight is 239 g/mol. The minimum atomic E-state index is 0.407. The van der Waals surface area contributed by atoms with Gasteiger partial charge in [-0.25, -0.2) is 0 Å². The molecule has 0 aliphatic heterocycles. The fourth-order valence-electron chi connectivity index (χ4n) is 1.86. The second-order valence-electron chi connectivity index (χ2n) is 3.53. The Bertz CT molecular complexity index is 333. The number of hydrogen-bond acceptors (Lipinski definition) is 1. The fraction of sp³-hybridized carbons (Fsp3) is 0.364. The lowest BCUT2D eigenvalue weighted by Gasteiger charge is -2.07. The van der Waals surface area contributed by atoms with Crippen LogP contribution in [0.2, 0.25) is 0 Å². The van der Waals surface area contributed by atoms with E-state index in [0.717, 1.165) is 23.7 Å². The molecule has 68 valence electrons. The highest BCUT2D eigenvalue weighted by molar-refractivity contribution is 9.10. The number of benzene rings is 1. The number of rotatable bonds is 1. The van der Waals surface area contributed by atoms with Crippen molar-refractivity contribution in [2.24, 2.45) is 0 Å². The zero-order chi connectivity index (χ0) is 9.26. The first-order valence-electron chi connectivity index (χ1n) is 4.53. The van der Waals surface area contributed by atoms with Crippen LogP contribution in [0.25, 0.3) is 0 Å². The van der Waals surface area contributed by atoms with E-state index < -0.39 is 0 Å². The molecule has 0 bridgehead atoms. The highest BCUT2D eigenvalue weighted by Crippen LogP contribution is 2.32. The quantitative estimate of drug-likeness (QED) is 0.734. The molecule has 0 unspecified atom stereocenters. The smallest absolute Gasteiger partial charge is 0.133 e. The van der Waals surface area contributed by atoms with Crippen LogP contribution in [0.5, 0.6) is 0 Å². The number of hydrogen-bond donors (Lipinski definition) is 0. The van der Waals surface area contributed by atoms with E-state index in [1.807, 2.05) is 12.1 Å². The van der Waals surface area contributed by atoms with Gasteiger partial charge in [-0.2, -0.15) is 0 Å². The van der Waals surface area contributed by atoms with E-state index in [4.69, 9.17) is 0 Å². The summed E-state index contributed by atoms with van der Waals surface area (Å²) in [6, 6.07) is 8.26. The van der Waals surface area contributed by atoms with Gasteiger partial charge in [0.15, 0.2) is 0 Å². The maximum absolute atomic E-state index is 11.1. The number of ketones is 1. The van der Waals surface area contributed by atoms with Gasteiger partial charge in [0.05, 0.1) is 0 Å². The zero-order valence-corrected chi connectivity index (χ0v) is 8.88. The third-order valence-corrected chi connectivity index (χ3v) is 3.06. The minimum Gasteiger partial charge on any atom is -0.300 e. The van der Waals surface area contributed by atoms with Gasteiger partial charge in [0.1, 0.15) is 5.78 Å². The Morgan fingerprint density at radius 1 is 1.38 bits per heavy atom. The molecule has 0 heterocycles. The van der Waals surface area contributed by atoms with E-state index in [2.05, 4.69) is 28.1 Å². The highest BCUT2D eigenvalue weighted by Gasteiger charge is 2.23. The van der Waals surface area contributed by atoms with Gasteiger partial charge in [-0.15, -0.1) is 0 Å². The average Bonchev–Trinajstić information content (AvgIpc) is 2.52. The summed E-state index contributed by atoms with van der Waals surface area (Å²) in [5, 5.41) is 0. The lowest BCUT2D eigenvalue weighted by Crippen LogP contribution is -1.93. The Kier molecular flexibility index (Phi) is 2.49. The molecular formula is C11H11BrO. The van der Waals surface area contributed by atoms with Gasteiger partial charge in [0.2, 0.25) is 0 Å². The monoisotopic (exact) mass is 238 g/mol. The number of Topliss-reactive ketones (excluding diaryl/α,β-unsaturated/α-hetero) is 1. The molecule has 1 atom stereocenters. The fourth-order valence-corrected chi connectivity index (χ4v) is 2.28. The van der Waals surface area contributed by atoms with Gasteiger partial charge >= 0.3 is 0 Å². The van der Waals surface area contributed by atoms with Crippen LogP contribution in [0.1, 0.15) is 30.7 Å². The van der Waals surface area contributed by atoms with Crippen molar-refractivity contribution in [1.29, 1.82) is 0 Å². The van der Waals surface area contributed by atoms with Gasteiger partial charge in [0.25, 0.3) is 0 Å². The lowest BCUT2D eigenvalue weighted by atomic mass is 9.98. The van der Waals surface area contributed by atoms with Crippen molar-refractivity contribution in [2.75, 3.05) is 0 Å². The van der Waals surface area contributed by atoms with Crippen molar-refractivity contribution in [2.45, 2.75) is 25.2 Å². The molecule has 1 aromatic rings. The van der Waals surface area contributed by atoms with E-state index >= 15 is 0 Å². The van der Waals surface area contributed by atoms with E-state index in [0.29, 0.717) is 11.7 Å². The first kappa shape index (κ1) is 8.95. The molecule has 1 aromatic carbocycles. The van der Waals surface area contributed by atoms with E-state index in [1.165, 1.54) is 5.56 Å². The van der Waals surface area contributed by atoms with Crippen LogP contribution in [0.3, 0.4) is 0 Å². The van der Waals surface area contributed by atoms with Crippen molar-refractivity contribution in [3.63, 3.8) is 0 Å². The summed E-state index contributed by atoms with van der Waals surface area (Å²) in [4.78, 5) is 11.1. The third-order valence-electron chi connectivity index (χ3n) is 2.57. The zero-order valence-electron chi connectivity index (χ0n) is 7.29. The molecule has 0 spiro atoms. The Balaban J connectivity index is 2.21. The van der Waals surface area contributed by atoms with Gasteiger partial charge in [-0.1, -0.05) is 28.1 Å². The Morgan fingerprint density at radius 2 is 2.23 bits per heavy atom. The van der Waals surface area contributed by atoms with Crippen molar-refractivity contribution in [1.82, 2.24) is 0 Å². The summed E-state index contributed by atoms with van der Waals surface area (Å²) in [5.41, 5.74) is 1.29. The second-order valence-corrected chi connectivity index (χ2v) is 4.45. The summed E-state index contributed by atoms with van der Waals surface area (Å²) in [6.45, 7) is 0. The third kappa shape index (κ3) is 1.99. The predicted molar refractivity (Wildman–Crippen MR) is 55.7 cm³/mol. The van der Waals surface area contributed by atoms with Crippen LogP contribution in [0, 0.1) is 0 Å². The molecule has 2 rings (SSSR count). The Labute approximate surface area is 86.3 Å². The molecule has 1 aliphatic rings. The maximum atomic E-state index is 11.1. The van der Waals surface area contributed by atoms with Gasteiger partial charge in [0, 0.05) is 17.3 Å². The molecule has 1 aliphatic carbocycles. The first-order chi connectivity index (χ1) is 6.25. The predicted octanol–water partition coefficient (Wildman–Crippen LogP) is 3.29. The van der Waals surface area contributed by atoms with E-state index in [1.54, 1.807) is 0 Å². The Morgan fingerprint density at radius 3 is 2.85 bits per heavy atom. The van der Waals surface area contributed by atoms with Gasteiger partial charge in [-0.3, -0.25) is 4.79 Å². The standard InChI is InChI=1S/C11H11BrO/c12-10-3-1-2-8(6-10)9-4-5-11(13)7-9/h1-3,6,9H,4-5,7H2/t9-/m1/s1. The summed E-state index contributed by atoms with van der Waals surface area (Å²) in [6.07, 6.45) is 2.52. The first-order valence-corrected chi connectivity index (χ1v) is 5.32. The van der Waals surface area contributed by atoms with Gasteiger partial charge in [-0.05, 0) is 30.0 Å². The molecule has 1 fully saturated rings. The van der Waals surface area contributed by atoms with E-state index in [-0.39, 0.29) is 0 Å². The summed E-state index contributed by atoms with van der Waals surface area (Å²) in [5.74, 6) is 0.870. The van der Waals surface area contributed by atoms with Crippen LogP contribution in [0.15, 0.2) is 28.7 Å². The second kappa shape index (κ2) is 3.62. The minimum absolute atomic E-state index is 0.407. The van der Waals surface area contributed by atoms with Crippen molar-refractivity contribution >= 4 is 21.7 Å².